The van der Waals surface area contributed by atoms with Crippen molar-refractivity contribution in [1.82, 2.24) is 4.90 Å². The number of nitrogens with zero attached hydrogens (tertiary/aromatic N) is 3. The Balaban J connectivity index is 1.55. The van der Waals surface area contributed by atoms with Gasteiger partial charge in [0.15, 0.2) is 0 Å². The lowest BCUT2D eigenvalue weighted by Crippen LogP contribution is -2.48. The van der Waals surface area contributed by atoms with E-state index in [0.29, 0.717) is 17.1 Å². The molecular weight excluding hydrogens is 368 g/mol. The van der Waals surface area contributed by atoms with Gasteiger partial charge in [-0.1, -0.05) is 23.7 Å². The third kappa shape index (κ3) is 4.01. The number of amides is 1. The summed E-state index contributed by atoms with van der Waals surface area (Å²) in [7, 11) is 0. The van der Waals surface area contributed by atoms with E-state index in [1.165, 1.54) is 11.3 Å². The molecule has 1 aliphatic heterocycles. The van der Waals surface area contributed by atoms with Gasteiger partial charge in [-0.05, 0) is 31.5 Å². The molecule has 136 valence electrons. The maximum absolute atomic E-state index is 12.4. The van der Waals surface area contributed by atoms with Gasteiger partial charge in [0.1, 0.15) is 11.1 Å². The van der Waals surface area contributed by atoms with Gasteiger partial charge in [0.05, 0.1) is 22.8 Å². The molecule has 7 heteroatoms. The molecule has 0 radical (unpaired) electrons. The third-order valence-corrected chi connectivity index (χ3v) is 6.13. The molecule has 2 heterocycles. The van der Waals surface area contributed by atoms with Crippen LogP contribution < -0.4 is 10.2 Å². The van der Waals surface area contributed by atoms with Crippen LogP contribution in [0.3, 0.4) is 0 Å². The maximum Gasteiger partial charge on any atom is 0.239 e. The zero-order valence-corrected chi connectivity index (χ0v) is 16.5. The smallest absolute Gasteiger partial charge is 0.239 e. The molecule has 1 saturated heterocycles. The first-order chi connectivity index (χ1) is 12.5. The molecule has 0 aliphatic carbocycles. The Labute approximate surface area is 162 Å². The van der Waals surface area contributed by atoms with Crippen molar-refractivity contribution in [2.75, 3.05) is 42.9 Å². The van der Waals surface area contributed by atoms with Crippen molar-refractivity contribution in [1.29, 1.82) is 5.26 Å². The minimum absolute atomic E-state index is 0.0751. The molecule has 0 spiro atoms. The van der Waals surface area contributed by atoms with E-state index >= 15 is 0 Å². The fourth-order valence-corrected chi connectivity index (χ4v) is 4.36. The molecule has 0 atom stereocenters. The van der Waals surface area contributed by atoms with E-state index in [4.69, 9.17) is 11.6 Å². The molecule has 3 rings (SSSR count). The first-order valence-electron chi connectivity index (χ1n) is 8.51. The van der Waals surface area contributed by atoms with Crippen LogP contribution >= 0.6 is 22.9 Å². The molecule has 1 aliphatic rings. The van der Waals surface area contributed by atoms with Gasteiger partial charge >= 0.3 is 0 Å². The summed E-state index contributed by atoms with van der Waals surface area (Å²) in [5.41, 5.74) is 2.56. The largest absolute Gasteiger partial charge is 0.368 e. The first-order valence-corrected chi connectivity index (χ1v) is 9.71. The summed E-state index contributed by atoms with van der Waals surface area (Å²) in [4.78, 5) is 17.8. The lowest BCUT2D eigenvalue weighted by Gasteiger charge is -2.36. The predicted octanol–water partition coefficient (Wildman–Crippen LogP) is 3.65. The van der Waals surface area contributed by atoms with Crippen LogP contribution in [0.15, 0.2) is 24.3 Å². The summed E-state index contributed by atoms with van der Waals surface area (Å²) >= 11 is 7.73. The van der Waals surface area contributed by atoms with Crippen molar-refractivity contribution >= 4 is 39.5 Å². The number of para-hydroxylation sites is 1. The Morgan fingerprint density at radius 3 is 2.62 bits per heavy atom. The fraction of sp³-hybridized carbons (Fsp3) is 0.368. The van der Waals surface area contributed by atoms with Crippen LogP contribution in [-0.2, 0) is 4.79 Å². The van der Waals surface area contributed by atoms with Gasteiger partial charge in [-0.25, -0.2) is 0 Å². The number of benzene rings is 1. The van der Waals surface area contributed by atoms with Gasteiger partial charge in [0.25, 0.3) is 0 Å². The van der Waals surface area contributed by atoms with E-state index < -0.39 is 0 Å². The number of halogens is 1. The Kier molecular flexibility index (Phi) is 5.82. The lowest BCUT2D eigenvalue weighted by molar-refractivity contribution is -0.117. The van der Waals surface area contributed by atoms with Crippen LogP contribution in [0.25, 0.3) is 0 Å². The first kappa shape index (κ1) is 18.7. The van der Waals surface area contributed by atoms with Crippen LogP contribution in [0.5, 0.6) is 0 Å². The van der Waals surface area contributed by atoms with E-state index in [0.717, 1.165) is 47.3 Å². The highest BCUT2D eigenvalue weighted by molar-refractivity contribution is 7.16. The van der Waals surface area contributed by atoms with Crippen molar-refractivity contribution in [3.05, 3.63) is 45.3 Å². The zero-order chi connectivity index (χ0) is 18.7. The van der Waals surface area contributed by atoms with E-state index in [2.05, 4.69) is 21.2 Å². The topological polar surface area (TPSA) is 59.4 Å². The predicted molar refractivity (Wildman–Crippen MR) is 107 cm³/mol. The zero-order valence-electron chi connectivity index (χ0n) is 14.9. The van der Waals surface area contributed by atoms with Crippen molar-refractivity contribution < 1.29 is 4.79 Å². The number of carbonyl (C=O) groups is 1. The quantitative estimate of drug-likeness (QED) is 0.868. The third-order valence-electron chi connectivity index (χ3n) is 4.68. The summed E-state index contributed by atoms with van der Waals surface area (Å²) in [5, 5.41) is 13.6. The molecule has 0 bridgehead atoms. The Hall–Kier alpha value is -2.07. The number of nitriles is 1. The van der Waals surface area contributed by atoms with E-state index in [9.17, 15) is 10.1 Å². The number of thiophene rings is 1. The van der Waals surface area contributed by atoms with E-state index in [1.54, 1.807) is 0 Å². The van der Waals surface area contributed by atoms with Gasteiger partial charge in [-0.15, -0.1) is 11.3 Å². The average molecular weight is 389 g/mol. The number of carbonyl (C=O) groups excluding carboxylic acids is 1. The molecule has 1 N–H and O–H groups in total. The Morgan fingerprint density at radius 2 is 1.96 bits per heavy atom. The van der Waals surface area contributed by atoms with Crippen molar-refractivity contribution in [3.63, 3.8) is 0 Å². The molecule has 1 aromatic carbocycles. The van der Waals surface area contributed by atoms with Crippen LogP contribution in [0.2, 0.25) is 5.02 Å². The summed E-state index contributed by atoms with van der Waals surface area (Å²) in [5.74, 6) is -0.0751. The maximum atomic E-state index is 12.4. The van der Waals surface area contributed by atoms with Crippen LogP contribution in [0.4, 0.5) is 10.7 Å². The number of nitrogens with one attached hydrogen (secondary N) is 1. The number of aryl methyl sites for hydroxylation is 1. The number of hydrogen-bond donors (Lipinski definition) is 1. The highest BCUT2D eigenvalue weighted by Crippen LogP contribution is 2.31. The summed E-state index contributed by atoms with van der Waals surface area (Å²) in [6.07, 6.45) is 0. The minimum Gasteiger partial charge on any atom is -0.368 e. The molecular formula is C19H21ClN4OS. The minimum atomic E-state index is -0.0751. The van der Waals surface area contributed by atoms with Gasteiger partial charge in [0.2, 0.25) is 5.91 Å². The summed E-state index contributed by atoms with van der Waals surface area (Å²) < 4.78 is 0. The molecule has 1 amide bonds. The molecule has 0 unspecified atom stereocenters. The molecule has 26 heavy (non-hydrogen) atoms. The monoisotopic (exact) mass is 388 g/mol. The Morgan fingerprint density at radius 1 is 1.27 bits per heavy atom. The van der Waals surface area contributed by atoms with Gasteiger partial charge in [-0.3, -0.25) is 9.69 Å². The van der Waals surface area contributed by atoms with Crippen LogP contribution in [0, 0.1) is 25.2 Å². The number of rotatable bonds is 4. The normalized spacial score (nSPS) is 14.9. The van der Waals surface area contributed by atoms with Crippen LogP contribution in [-0.4, -0.2) is 43.5 Å². The second kappa shape index (κ2) is 8.09. The second-order valence-corrected chi connectivity index (χ2v) is 7.99. The fourth-order valence-electron chi connectivity index (χ4n) is 3.07. The molecule has 2 aromatic rings. The highest BCUT2D eigenvalue weighted by Gasteiger charge is 2.21. The standard InChI is InChI=1S/C19H21ClN4OS/c1-13-14(2)26-19(15(13)11-21)22-18(25)12-23-7-9-24(10-8-23)17-6-4-3-5-16(17)20/h3-6H,7-10,12H2,1-2H3,(H,22,25). The van der Waals surface area contributed by atoms with Crippen LogP contribution in [0.1, 0.15) is 16.0 Å². The number of hydrogen-bond acceptors (Lipinski definition) is 5. The number of anilines is 2. The van der Waals surface area contributed by atoms with Gasteiger partial charge < -0.3 is 10.2 Å². The van der Waals surface area contributed by atoms with E-state index in [1.807, 2.05) is 38.1 Å². The van der Waals surface area contributed by atoms with Crippen molar-refractivity contribution in [2.24, 2.45) is 0 Å². The SMILES string of the molecule is Cc1sc(NC(=O)CN2CCN(c3ccccc3Cl)CC2)c(C#N)c1C. The Bertz CT molecular complexity index is 850. The molecule has 0 saturated carbocycles. The van der Waals surface area contributed by atoms with Gasteiger partial charge in [-0.2, -0.15) is 5.26 Å². The van der Waals surface area contributed by atoms with Crippen molar-refractivity contribution in [2.45, 2.75) is 13.8 Å². The van der Waals surface area contributed by atoms with E-state index in [-0.39, 0.29) is 5.91 Å². The van der Waals surface area contributed by atoms with Crippen molar-refractivity contribution in [3.8, 4) is 6.07 Å². The lowest BCUT2D eigenvalue weighted by atomic mass is 10.2. The highest BCUT2D eigenvalue weighted by atomic mass is 35.5. The molecule has 1 aromatic heterocycles. The second-order valence-electron chi connectivity index (χ2n) is 6.36. The summed E-state index contributed by atoms with van der Waals surface area (Å²) in [6, 6.07) is 10.0. The molecule has 1 fully saturated rings. The average Bonchev–Trinajstić information content (AvgIpc) is 2.89. The number of piperazine rings is 1. The van der Waals surface area contributed by atoms with Gasteiger partial charge in [0, 0.05) is 31.1 Å². The summed E-state index contributed by atoms with van der Waals surface area (Å²) in [6.45, 7) is 7.46. The molecule has 5 nitrogen and oxygen atoms in total.